The zero-order valence-corrected chi connectivity index (χ0v) is 13.4. The molecule has 2 aromatic rings. The Bertz CT molecular complexity index is 759. The highest BCUT2D eigenvalue weighted by atomic mass is 32.2. The summed E-state index contributed by atoms with van der Waals surface area (Å²) in [4.78, 5) is 8.35. The van der Waals surface area contributed by atoms with Crippen LogP contribution in [-0.2, 0) is 10.0 Å². The lowest BCUT2D eigenvalue weighted by Crippen LogP contribution is -2.17. The van der Waals surface area contributed by atoms with Crippen LogP contribution in [0.4, 0.5) is 10.3 Å². The van der Waals surface area contributed by atoms with Crippen LogP contribution in [-0.4, -0.2) is 24.1 Å². The van der Waals surface area contributed by atoms with Crippen molar-refractivity contribution in [3.8, 4) is 11.3 Å². The van der Waals surface area contributed by atoms with E-state index in [0.717, 1.165) is 0 Å². The molecule has 2 rings (SSSR count). The van der Waals surface area contributed by atoms with E-state index in [0.29, 0.717) is 17.0 Å². The molecule has 117 valence electrons. The van der Waals surface area contributed by atoms with E-state index in [1.807, 2.05) is 13.8 Å². The fourth-order valence-corrected chi connectivity index (χ4v) is 2.21. The van der Waals surface area contributed by atoms with E-state index < -0.39 is 10.0 Å². The van der Waals surface area contributed by atoms with Gasteiger partial charge in [0.05, 0.1) is 17.1 Å². The SMILES string of the molecule is CCS(=O)(=O)Nc1nc(-c2ccc(F)cc2)[c]c(C(C)C)n1. The second-order valence-corrected chi connectivity index (χ2v) is 7.08. The molecule has 1 aromatic carbocycles. The van der Waals surface area contributed by atoms with Crippen molar-refractivity contribution in [3.63, 3.8) is 0 Å². The number of hydrogen-bond acceptors (Lipinski definition) is 4. The van der Waals surface area contributed by atoms with Gasteiger partial charge in [0.2, 0.25) is 16.0 Å². The van der Waals surface area contributed by atoms with Gasteiger partial charge in [-0.1, -0.05) is 13.8 Å². The van der Waals surface area contributed by atoms with Crippen molar-refractivity contribution in [2.24, 2.45) is 0 Å². The van der Waals surface area contributed by atoms with Crippen LogP contribution in [0.2, 0.25) is 0 Å². The Balaban J connectivity index is 2.50. The molecule has 5 nitrogen and oxygen atoms in total. The second-order valence-electron chi connectivity index (χ2n) is 5.07. The highest BCUT2D eigenvalue weighted by molar-refractivity contribution is 7.92. The quantitative estimate of drug-likeness (QED) is 0.918. The zero-order chi connectivity index (χ0) is 16.3. The molecule has 0 amide bonds. The number of benzene rings is 1. The van der Waals surface area contributed by atoms with Crippen LogP contribution in [0, 0.1) is 11.9 Å². The van der Waals surface area contributed by atoms with Crippen molar-refractivity contribution < 1.29 is 12.8 Å². The summed E-state index contributed by atoms with van der Waals surface area (Å²) >= 11 is 0. The van der Waals surface area contributed by atoms with Gasteiger partial charge in [0, 0.05) is 11.6 Å². The van der Waals surface area contributed by atoms with Crippen LogP contribution >= 0.6 is 0 Å². The van der Waals surface area contributed by atoms with Gasteiger partial charge >= 0.3 is 0 Å². The van der Waals surface area contributed by atoms with E-state index in [2.05, 4.69) is 20.8 Å². The van der Waals surface area contributed by atoms with Gasteiger partial charge in [-0.05, 0) is 37.1 Å². The first-order chi connectivity index (χ1) is 10.3. The Kier molecular flexibility index (Phi) is 4.75. The number of anilines is 1. The predicted molar refractivity (Wildman–Crippen MR) is 83.4 cm³/mol. The average Bonchev–Trinajstić information content (AvgIpc) is 2.47. The summed E-state index contributed by atoms with van der Waals surface area (Å²) in [5, 5.41) is 0. The van der Waals surface area contributed by atoms with E-state index >= 15 is 0 Å². The molecule has 0 atom stereocenters. The van der Waals surface area contributed by atoms with E-state index in [-0.39, 0.29) is 23.4 Å². The molecule has 22 heavy (non-hydrogen) atoms. The van der Waals surface area contributed by atoms with E-state index in [4.69, 9.17) is 0 Å². The summed E-state index contributed by atoms with van der Waals surface area (Å²) in [7, 11) is -3.47. The molecule has 0 fully saturated rings. The maximum atomic E-state index is 13.0. The average molecular weight is 322 g/mol. The molecule has 0 aliphatic carbocycles. The summed E-state index contributed by atoms with van der Waals surface area (Å²) < 4.78 is 38.7. The van der Waals surface area contributed by atoms with Gasteiger partial charge in [0.15, 0.2) is 0 Å². The van der Waals surface area contributed by atoms with Gasteiger partial charge in [0.25, 0.3) is 0 Å². The number of hydrogen-bond donors (Lipinski definition) is 1. The summed E-state index contributed by atoms with van der Waals surface area (Å²) in [5.74, 6) is -0.373. The Morgan fingerprint density at radius 3 is 2.41 bits per heavy atom. The van der Waals surface area contributed by atoms with Gasteiger partial charge in [-0.2, -0.15) is 0 Å². The molecule has 7 heteroatoms. The molecule has 0 bridgehead atoms. The molecule has 0 saturated heterocycles. The van der Waals surface area contributed by atoms with Gasteiger partial charge in [-0.15, -0.1) is 0 Å². The largest absolute Gasteiger partial charge is 0.251 e. The summed E-state index contributed by atoms with van der Waals surface area (Å²) in [6, 6.07) is 8.81. The molecule has 1 radical (unpaired) electrons. The highest BCUT2D eigenvalue weighted by Crippen LogP contribution is 2.22. The van der Waals surface area contributed by atoms with Crippen LogP contribution < -0.4 is 4.72 Å². The van der Waals surface area contributed by atoms with Crippen molar-refractivity contribution in [1.29, 1.82) is 0 Å². The van der Waals surface area contributed by atoms with E-state index in [9.17, 15) is 12.8 Å². The fraction of sp³-hybridized carbons (Fsp3) is 0.333. The van der Waals surface area contributed by atoms with Crippen LogP contribution in [0.5, 0.6) is 0 Å². The molecule has 1 aromatic heterocycles. The first-order valence-corrected chi connectivity index (χ1v) is 8.53. The minimum Gasteiger partial charge on any atom is -0.251 e. The maximum absolute atomic E-state index is 13.0. The molecule has 0 saturated carbocycles. The van der Waals surface area contributed by atoms with Crippen molar-refractivity contribution in [2.45, 2.75) is 26.7 Å². The maximum Gasteiger partial charge on any atom is 0.237 e. The molecule has 1 heterocycles. The summed E-state index contributed by atoms with van der Waals surface area (Å²) in [5.41, 5.74) is 1.65. The number of rotatable bonds is 5. The number of halogens is 1. The van der Waals surface area contributed by atoms with E-state index in [1.54, 1.807) is 12.1 Å². The highest BCUT2D eigenvalue weighted by Gasteiger charge is 2.14. The first-order valence-electron chi connectivity index (χ1n) is 6.88. The molecule has 0 aliphatic heterocycles. The standard InChI is InChI=1S/C15H17FN3O2S/c1-4-22(20,21)19-15-17-13(10(2)3)9-14(18-15)11-5-7-12(16)8-6-11/h5-8,10H,4H2,1-3H3,(H,17,18,19). The van der Waals surface area contributed by atoms with Crippen molar-refractivity contribution in [1.82, 2.24) is 9.97 Å². The minimum absolute atomic E-state index is 0.00336. The molecule has 0 unspecified atom stereocenters. The van der Waals surface area contributed by atoms with Gasteiger partial charge in [-0.25, -0.2) is 22.8 Å². The third-order valence-corrected chi connectivity index (χ3v) is 4.24. The topological polar surface area (TPSA) is 72.0 Å². The Labute approximate surface area is 129 Å². The van der Waals surface area contributed by atoms with Crippen molar-refractivity contribution in [3.05, 3.63) is 41.8 Å². The fourth-order valence-electron chi connectivity index (χ4n) is 1.70. The van der Waals surface area contributed by atoms with Crippen molar-refractivity contribution >= 4 is 16.0 Å². The number of sulfonamides is 1. The smallest absolute Gasteiger partial charge is 0.237 e. The Morgan fingerprint density at radius 1 is 1.23 bits per heavy atom. The molecular weight excluding hydrogens is 305 g/mol. The minimum atomic E-state index is -3.47. The number of nitrogens with one attached hydrogen (secondary N) is 1. The first kappa shape index (κ1) is 16.4. The van der Waals surface area contributed by atoms with Gasteiger partial charge in [0.1, 0.15) is 5.82 Å². The van der Waals surface area contributed by atoms with E-state index in [1.165, 1.54) is 19.1 Å². The number of aromatic nitrogens is 2. The molecule has 0 aliphatic rings. The van der Waals surface area contributed by atoms with Crippen LogP contribution in [0.1, 0.15) is 32.4 Å². The second kappa shape index (κ2) is 6.39. The number of nitrogens with zero attached hydrogens (tertiary/aromatic N) is 2. The van der Waals surface area contributed by atoms with Gasteiger partial charge < -0.3 is 0 Å². The zero-order valence-electron chi connectivity index (χ0n) is 12.6. The lowest BCUT2D eigenvalue weighted by molar-refractivity contribution is 0.602. The lowest BCUT2D eigenvalue weighted by Gasteiger charge is -2.11. The Morgan fingerprint density at radius 2 is 1.86 bits per heavy atom. The third kappa shape index (κ3) is 4.00. The van der Waals surface area contributed by atoms with Crippen molar-refractivity contribution in [2.75, 3.05) is 10.5 Å². The monoisotopic (exact) mass is 322 g/mol. The summed E-state index contributed by atoms with van der Waals surface area (Å²) in [6.07, 6.45) is 0. The Hall–Kier alpha value is -2.02. The lowest BCUT2D eigenvalue weighted by atomic mass is 10.1. The van der Waals surface area contributed by atoms with Crippen LogP contribution in [0.15, 0.2) is 24.3 Å². The molecule has 0 spiro atoms. The van der Waals surface area contributed by atoms with Gasteiger partial charge in [-0.3, -0.25) is 4.72 Å². The third-order valence-electron chi connectivity index (χ3n) is 2.98. The van der Waals surface area contributed by atoms with Crippen LogP contribution in [0.3, 0.4) is 0 Å². The normalized spacial score (nSPS) is 11.7. The molecule has 1 N–H and O–H groups in total. The van der Waals surface area contributed by atoms with Crippen LogP contribution in [0.25, 0.3) is 11.3 Å². The molecular formula is C15H17FN3O2S. The summed E-state index contributed by atoms with van der Waals surface area (Å²) in [6.45, 7) is 5.37. The predicted octanol–water partition coefficient (Wildman–Crippen LogP) is 2.97.